The summed E-state index contributed by atoms with van der Waals surface area (Å²) in [6.07, 6.45) is -0.802. The van der Waals surface area contributed by atoms with Crippen LogP contribution in [0.2, 0.25) is 0 Å². The van der Waals surface area contributed by atoms with E-state index in [0.717, 1.165) is 33.6 Å². The number of hydrogen-bond acceptors (Lipinski definition) is 1. The van der Waals surface area contributed by atoms with E-state index in [0.29, 0.717) is 0 Å². The van der Waals surface area contributed by atoms with E-state index in [1.807, 2.05) is 19.9 Å². The molecule has 2 unspecified atom stereocenters. The van der Waals surface area contributed by atoms with Gasteiger partial charge in [0.2, 0.25) is 0 Å². The molecule has 0 aromatic heterocycles. The molecule has 0 radical (unpaired) electrons. The molecule has 1 nitrogen and oxygen atoms in total. The van der Waals surface area contributed by atoms with Crippen molar-refractivity contribution in [2.75, 3.05) is 4.90 Å². The summed E-state index contributed by atoms with van der Waals surface area (Å²) in [4.78, 5) is 2.38. The van der Waals surface area contributed by atoms with Crippen LogP contribution in [0.3, 0.4) is 0 Å². The van der Waals surface area contributed by atoms with Crippen molar-refractivity contribution < 1.29 is 2.74 Å². The Kier molecular flexibility index (Phi) is 5.46. The summed E-state index contributed by atoms with van der Waals surface area (Å²) in [5, 5.41) is 0. The van der Waals surface area contributed by atoms with E-state index < -0.39 is 12.8 Å². The molecular formula is C35H39N. The highest BCUT2D eigenvalue weighted by Crippen LogP contribution is 2.53. The van der Waals surface area contributed by atoms with Crippen LogP contribution in [-0.4, -0.2) is 5.54 Å². The van der Waals surface area contributed by atoms with Gasteiger partial charge in [0.05, 0.1) is 0 Å². The van der Waals surface area contributed by atoms with E-state index in [9.17, 15) is 0 Å². The summed E-state index contributed by atoms with van der Waals surface area (Å²) >= 11 is 0. The Balaban J connectivity index is 1.77. The Labute approximate surface area is 220 Å². The second kappa shape index (κ2) is 8.96. The lowest BCUT2D eigenvalue weighted by atomic mass is 9.79. The van der Waals surface area contributed by atoms with E-state index in [2.05, 4.69) is 118 Å². The van der Waals surface area contributed by atoms with E-state index in [4.69, 9.17) is 2.74 Å². The van der Waals surface area contributed by atoms with Gasteiger partial charge >= 0.3 is 0 Å². The number of rotatable bonds is 5. The first-order valence-electron chi connectivity index (χ1n) is 14.2. The maximum Gasteiger partial charge on any atom is 0.0451 e. The molecule has 0 saturated heterocycles. The van der Waals surface area contributed by atoms with Gasteiger partial charge in [0.1, 0.15) is 0 Å². The predicted molar refractivity (Wildman–Crippen MR) is 157 cm³/mol. The standard InChI is InChI=1S/C35H39N/c1-8-24-23-26(25-15-11-10-12-16-25)19-21-31(24)36(34(3,4)5)32-22-20-29-28-17-13-14-18-30(28)35(6,7)33(29)27(32)9-2/h10-23H,8-9H2,1-7H3/i8D,9D. The topological polar surface area (TPSA) is 3.24 Å². The highest BCUT2D eigenvalue weighted by atomic mass is 15.2. The molecule has 2 atom stereocenters. The van der Waals surface area contributed by atoms with Crippen molar-refractivity contribution in [2.45, 2.75) is 72.2 Å². The average Bonchev–Trinajstić information content (AvgIpc) is 3.10. The van der Waals surface area contributed by atoms with Crippen molar-refractivity contribution in [1.29, 1.82) is 0 Å². The lowest BCUT2D eigenvalue weighted by Crippen LogP contribution is -2.39. The quantitative estimate of drug-likeness (QED) is 0.278. The molecule has 5 rings (SSSR count). The zero-order chi connectivity index (χ0) is 27.4. The molecule has 0 fully saturated rings. The van der Waals surface area contributed by atoms with Crippen molar-refractivity contribution in [1.82, 2.24) is 0 Å². The fraction of sp³-hybridized carbons (Fsp3) is 0.314. The third-order valence-corrected chi connectivity index (χ3v) is 7.63. The van der Waals surface area contributed by atoms with Crippen molar-refractivity contribution in [3.8, 4) is 22.3 Å². The van der Waals surface area contributed by atoms with Gasteiger partial charge < -0.3 is 4.90 Å². The Hall–Kier alpha value is -3.32. The third kappa shape index (κ3) is 3.86. The van der Waals surface area contributed by atoms with Gasteiger partial charge in [-0.3, -0.25) is 0 Å². The zero-order valence-corrected chi connectivity index (χ0v) is 22.7. The van der Waals surface area contributed by atoms with Crippen molar-refractivity contribution in [3.63, 3.8) is 0 Å². The van der Waals surface area contributed by atoms with Gasteiger partial charge in [-0.1, -0.05) is 94.4 Å². The first-order valence-corrected chi connectivity index (χ1v) is 13.0. The van der Waals surface area contributed by atoms with Crippen LogP contribution >= 0.6 is 0 Å². The molecule has 0 spiro atoms. The van der Waals surface area contributed by atoms with Crippen molar-refractivity contribution in [3.05, 3.63) is 107 Å². The molecule has 0 aliphatic heterocycles. The van der Waals surface area contributed by atoms with Crippen LogP contribution in [0.1, 0.15) is 73.5 Å². The molecule has 0 bridgehead atoms. The molecule has 1 aliphatic carbocycles. The zero-order valence-electron chi connectivity index (χ0n) is 24.7. The fourth-order valence-electron chi connectivity index (χ4n) is 6.04. The highest BCUT2D eigenvalue weighted by Gasteiger charge is 2.39. The molecule has 0 N–H and O–H groups in total. The van der Waals surface area contributed by atoms with Gasteiger partial charge in [-0.25, -0.2) is 0 Å². The van der Waals surface area contributed by atoms with Crippen LogP contribution in [0.25, 0.3) is 22.3 Å². The maximum atomic E-state index is 9.09. The lowest BCUT2D eigenvalue weighted by molar-refractivity contribution is 0.556. The van der Waals surface area contributed by atoms with Crippen LogP contribution in [0.15, 0.2) is 84.9 Å². The summed E-state index contributed by atoms with van der Waals surface area (Å²) < 4.78 is 17.9. The summed E-state index contributed by atoms with van der Waals surface area (Å²) in [5.41, 5.74) is 11.1. The molecule has 36 heavy (non-hydrogen) atoms. The second-order valence-electron chi connectivity index (χ2n) is 11.3. The molecule has 4 aromatic rings. The maximum absolute atomic E-state index is 9.09. The van der Waals surface area contributed by atoms with Crippen molar-refractivity contribution >= 4 is 11.4 Å². The SMILES string of the molecule is [2H]C(C)c1cc(-c2ccccc2)ccc1N(c1ccc2c(c1C([2H])C)C(C)(C)c1ccccc1-2)C(C)(C)C. The van der Waals surface area contributed by atoms with Crippen LogP contribution in [-0.2, 0) is 18.2 Å². The molecule has 0 amide bonds. The van der Waals surface area contributed by atoms with Gasteiger partial charge in [-0.15, -0.1) is 0 Å². The first kappa shape index (κ1) is 21.9. The first-order chi connectivity index (χ1) is 17.9. The summed E-state index contributed by atoms with van der Waals surface area (Å²) in [7, 11) is 0. The fourth-order valence-corrected chi connectivity index (χ4v) is 6.04. The Morgan fingerprint density at radius 1 is 0.722 bits per heavy atom. The van der Waals surface area contributed by atoms with Gasteiger partial charge in [-0.05, 0) is 96.3 Å². The number of hydrogen-bond donors (Lipinski definition) is 0. The smallest absolute Gasteiger partial charge is 0.0451 e. The Bertz CT molecular complexity index is 1480. The molecule has 184 valence electrons. The van der Waals surface area contributed by atoms with E-state index in [1.165, 1.54) is 22.3 Å². The van der Waals surface area contributed by atoms with Crippen molar-refractivity contribution in [2.24, 2.45) is 0 Å². The summed E-state index contributed by atoms with van der Waals surface area (Å²) in [6, 6.07) is 30.1. The van der Waals surface area contributed by atoms with Crippen LogP contribution in [0.5, 0.6) is 0 Å². The van der Waals surface area contributed by atoms with Gasteiger partial charge in [0, 0.05) is 25.1 Å². The van der Waals surface area contributed by atoms with E-state index >= 15 is 0 Å². The number of aryl methyl sites for hydroxylation is 1. The highest BCUT2D eigenvalue weighted by molar-refractivity contribution is 5.86. The molecular weight excluding hydrogens is 434 g/mol. The number of anilines is 2. The Morgan fingerprint density at radius 2 is 1.39 bits per heavy atom. The van der Waals surface area contributed by atoms with Gasteiger partial charge in [0.25, 0.3) is 0 Å². The van der Waals surface area contributed by atoms with Crippen LogP contribution in [0, 0.1) is 0 Å². The number of fused-ring (bicyclic) bond motifs is 3. The molecule has 0 heterocycles. The molecule has 1 aliphatic rings. The lowest BCUT2D eigenvalue weighted by Gasteiger charge is -2.41. The van der Waals surface area contributed by atoms with E-state index in [1.54, 1.807) is 0 Å². The van der Waals surface area contributed by atoms with Gasteiger partial charge in [0.15, 0.2) is 0 Å². The normalized spacial score (nSPS) is 16.4. The van der Waals surface area contributed by atoms with Gasteiger partial charge in [-0.2, -0.15) is 0 Å². The second-order valence-corrected chi connectivity index (χ2v) is 11.3. The van der Waals surface area contributed by atoms with Crippen LogP contribution < -0.4 is 4.90 Å². The Morgan fingerprint density at radius 3 is 2.06 bits per heavy atom. The summed E-state index contributed by atoms with van der Waals surface area (Å²) in [5.74, 6) is 0. The minimum Gasteiger partial charge on any atom is -0.336 e. The minimum atomic E-state index is -0.404. The number of nitrogens with zero attached hydrogens (tertiary/aromatic N) is 1. The number of benzene rings is 4. The third-order valence-electron chi connectivity index (χ3n) is 7.63. The molecule has 1 heteroatoms. The molecule has 4 aromatic carbocycles. The minimum absolute atomic E-state index is 0.196. The predicted octanol–water partition coefficient (Wildman–Crippen LogP) is 9.72. The molecule has 0 saturated carbocycles. The average molecular weight is 476 g/mol. The monoisotopic (exact) mass is 475 g/mol. The summed E-state index contributed by atoms with van der Waals surface area (Å²) in [6.45, 7) is 15.2. The largest absolute Gasteiger partial charge is 0.336 e. The van der Waals surface area contributed by atoms with Crippen LogP contribution in [0.4, 0.5) is 11.4 Å². The van der Waals surface area contributed by atoms with E-state index in [-0.39, 0.29) is 11.0 Å².